The summed E-state index contributed by atoms with van der Waals surface area (Å²) < 4.78 is 48.6. The number of aliphatic hydroxyl groups is 14. The third-order valence-electron chi connectivity index (χ3n) is 20.0. The van der Waals surface area contributed by atoms with E-state index in [1.54, 1.807) is 0 Å². The minimum absolute atomic E-state index is 0.0888. The van der Waals surface area contributed by atoms with Crippen molar-refractivity contribution in [1.82, 2.24) is 5.32 Å². The van der Waals surface area contributed by atoms with Gasteiger partial charge in [0.2, 0.25) is 0 Å². The minimum Gasteiger partial charge on any atom is -0.394 e. The number of rotatable bonds is 15. The first kappa shape index (κ1) is 56.8. The quantitative estimate of drug-likeness (QED) is 0.0701. The Balaban J connectivity index is 0.861. The van der Waals surface area contributed by atoms with E-state index in [9.17, 15) is 71.5 Å². The van der Waals surface area contributed by atoms with Crippen molar-refractivity contribution in [2.24, 2.45) is 52.3 Å². The first-order valence-corrected chi connectivity index (χ1v) is 26.9. The monoisotopic (exact) mass is 1050 g/mol. The average molecular weight is 1050 g/mol. The van der Waals surface area contributed by atoms with Gasteiger partial charge in [-0.1, -0.05) is 27.7 Å². The summed E-state index contributed by atoms with van der Waals surface area (Å²) in [5.74, 6) is 3.79. The van der Waals surface area contributed by atoms with E-state index in [0.717, 1.165) is 45.1 Å². The Labute approximate surface area is 425 Å². The van der Waals surface area contributed by atoms with Crippen molar-refractivity contribution in [3.8, 4) is 0 Å². The highest BCUT2D eigenvalue weighted by Gasteiger charge is 2.69. The van der Waals surface area contributed by atoms with Crippen LogP contribution in [0.3, 0.4) is 0 Å². The first-order valence-electron chi connectivity index (χ1n) is 26.9. The van der Waals surface area contributed by atoms with Gasteiger partial charge in [0.15, 0.2) is 25.2 Å². The van der Waals surface area contributed by atoms with Crippen LogP contribution in [-0.4, -0.2) is 239 Å². The van der Waals surface area contributed by atoms with Crippen molar-refractivity contribution in [2.75, 3.05) is 33.0 Å². The van der Waals surface area contributed by atoms with E-state index in [-0.39, 0.29) is 28.8 Å². The molecule has 0 aromatic rings. The molecule has 73 heavy (non-hydrogen) atoms. The summed E-state index contributed by atoms with van der Waals surface area (Å²) in [6, 6.07) is 0. The van der Waals surface area contributed by atoms with Crippen molar-refractivity contribution in [3.63, 3.8) is 0 Å². The lowest BCUT2D eigenvalue weighted by atomic mass is 9.44. The predicted molar refractivity (Wildman–Crippen MR) is 248 cm³/mol. The summed E-state index contributed by atoms with van der Waals surface area (Å²) in [7, 11) is 0. The Morgan fingerprint density at radius 3 is 1.95 bits per heavy atom. The molecule has 1 spiro atoms. The molecule has 15 N–H and O–H groups in total. The van der Waals surface area contributed by atoms with E-state index in [0.29, 0.717) is 47.8 Å². The van der Waals surface area contributed by atoms with Gasteiger partial charge in [0.1, 0.15) is 97.3 Å². The van der Waals surface area contributed by atoms with Gasteiger partial charge in [-0.2, -0.15) is 0 Å². The number of hydrogen-bond donors (Lipinski definition) is 15. The molecular formula is C50H85NO22. The summed E-state index contributed by atoms with van der Waals surface area (Å²) >= 11 is 0. The number of aliphatic hydroxyl groups excluding tert-OH is 14. The lowest BCUT2D eigenvalue weighted by molar-refractivity contribution is -0.395. The van der Waals surface area contributed by atoms with E-state index in [4.69, 9.17) is 37.9 Å². The smallest absolute Gasteiger partial charge is 0.189 e. The van der Waals surface area contributed by atoms with Gasteiger partial charge in [0, 0.05) is 12.5 Å². The molecule has 31 atom stereocenters. The molecule has 0 amide bonds. The first-order chi connectivity index (χ1) is 34.6. The van der Waals surface area contributed by atoms with Crippen molar-refractivity contribution in [1.29, 1.82) is 0 Å². The fraction of sp³-hybridized carbons (Fsp3) is 1.00. The van der Waals surface area contributed by atoms with Gasteiger partial charge in [-0.25, -0.2) is 0 Å². The summed E-state index contributed by atoms with van der Waals surface area (Å²) in [4.78, 5) is 0. The van der Waals surface area contributed by atoms with Crippen LogP contribution in [0, 0.1) is 52.3 Å². The third kappa shape index (κ3) is 10.2. The molecule has 5 aliphatic heterocycles. The zero-order chi connectivity index (χ0) is 52.6. The number of hydrogen-bond acceptors (Lipinski definition) is 23. The highest BCUT2D eigenvalue weighted by Crippen LogP contribution is 2.71. The number of nitrogens with one attached hydrogen (secondary N) is 1. The SMILES string of the molecule is CC1CCC2(NC1)OC1CC3C4CCC5CC(OC6OC(CO)C(OC7OC(CO)C(O)C(OC8OC(O)C(O)C(O)C8O)C7OCC(O)C(O)C(O)C(O)CO)C(O)C6O)CCC5(C)C4CCC3(C)C1C2C. The molecule has 422 valence electrons. The molecule has 0 aromatic carbocycles. The molecule has 0 radical (unpaired) electrons. The van der Waals surface area contributed by atoms with Crippen LogP contribution in [0.4, 0.5) is 0 Å². The van der Waals surface area contributed by atoms with E-state index in [1.165, 1.54) is 19.3 Å². The molecule has 9 fully saturated rings. The van der Waals surface area contributed by atoms with Gasteiger partial charge in [-0.05, 0) is 111 Å². The van der Waals surface area contributed by atoms with E-state index in [1.807, 2.05) is 0 Å². The summed E-state index contributed by atoms with van der Waals surface area (Å²) in [5.41, 5.74) is 0.112. The van der Waals surface area contributed by atoms with Crippen LogP contribution >= 0.6 is 0 Å². The highest BCUT2D eigenvalue weighted by molar-refractivity contribution is 5.16. The maximum Gasteiger partial charge on any atom is 0.189 e. The third-order valence-corrected chi connectivity index (χ3v) is 20.0. The molecule has 0 bridgehead atoms. The molecule has 23 heteroatoms. The number of ether oxygens (including phenoxy) is 8. The standard InChI is InChI=1S/C50H85NO22/c1-20-7-12-50(51-15-20)21(2)32-29(73-50)14-26-24-6-5-22-13-23(8-10-48(22,3)25(24)9-11-49(26,32)4)67-45-40(64)37(61)41(31(18-54)69-45)70-47-43(66-19-28(56)34(58)33(57)27(55)16-52)42(35(59)30(17-53)68-47)71-46-39(63)36(60)38(62)44(65)72-46/h20-47,51-65H,5-19H2,1-4H3. The highest BCUT2D eigenvalue weighted by atomic mass is 16.8. The van der Waals surface area contributed by atoms with Crippen LogP contribution in [0.2, 0.25) is 0 Å². The van der Waals surface area contributed by atoms with Crippen LogP contribution in [0.1, 0.15) is 91.9 Å². The molecule has 23 nitrogen and oxygen atoms in total. The van der Waals surface area contributed by atoms with Crippen molar-refractivity contribution < 1.29 is 109 Å². The Morgan fingerprint density at radius 2 is 1.26 bits per heavy atom. The molecule has 5 saturated heterocycles. The zero-order valence-electron chi connectivity index (χ0n) is 42.3. The summed E-state index contributed by atoms with van der Waals surface area (Å²) in [5, 5.41) is 152. The maximum absolute atomic E-state index is 11.8. The molecule has 5 heterocycles. The molecular weight excluding hydrogens is 967 g/mol. The van der Waals surface area contributed by atoms with Crippen LogP contribution in [-0.2, 0) is 37.9 Å². The van der Waals surface area contributed by atoms with Crippen LogP contribution in [0.5, 0.6) is 0 Å². The van der Waals surface area contributed by atoms with Crippen LogP contribution < -0.4 is 5.32 Å². The second-order valence-electron chi connectivity index (χ2n) is 23.9. The molecule has 31 unspecified atom stereocenters. The summed E-state index contributed by atoms with van der Waals surface area (Å²) in [6.45, 7) is 7.12. The Kier molecular flexibility index (Phi) is 17.4. The normalized spacial score (nSPS) is 53.7. The van der Waals surface area contributed by atoms with Gasteiger partial charge in [0.05, 0.1) is 38.6 Å². The van der Waals surface area contributed by atoms with Gasteiger partial charge in [0.25, 0.3) is 0 Å². The topological polar surface area (TPSA) is 369 Å². The zero-order valence-corrected chi connectivity index (χ0v) is 42.3. The Hall–Kier alpha value is -0.920. The van der Waals surface area contributed by atoms with Crippen molar-refractivity contribution in [3.05, 3.63) is 0 Å². The predicted octanol–water partition coefficient (Wildman–Crippen LogP) is -3.74. The Morgan fingerprint density at radius 1 is 0.603 bits per heavy atom. The van der Waals surface area contributed by atoms with Gasteiger partial charge in [-0.3, -0.25) is 5.32 Å². The molecule has 9 aliphatic rings. The lowest BCUT2D eigenvalue weighted by Crippen LogP contribution is -2.67. The molecule has 0 aromatic heterocycles. The maximum atomic E-state index is 11.8. The largest absolute Gasteiger partial charge is 0.394 e. The number of fused-ring (bicyclic) bond motifs is 7. The fourth-order valence-corrected chi connectivity index (χ4v) is 15.7. The number of piperidine rings is 1. The van der Waals surface area contributed by atoms with Crippen LogP contribution in [0.15, 0.2) is 0 Å². The van der Waals surface area contributed by atoms with E-state index in [2.05, 4.69) is 33.0 Å². The van der Waals surface area contributed by atoms with Gasteiger partial charge < -0.3 is 109 Å². The van der Waals surface area contributed by atoms with Crippen molar-refractivity contribution in [2.45, 2.75) is 227 Å². The second kappa shape index (κ2) is 22.3. The fourth-order valence-electron chi connectivity index (χ4n) is 15.7. The molecule has 4 aliphatic carbocycles. The van der Waals surface area contributed by atoms with Gasteiger partial charge in [-0.15, -0.1) is 0 Å². The lowest BCUT2D eigenvalue weighted by Gasteiger charge is -2.61. The molecule has 4 saturated carbocycles. The minimum atomic E-state index is -2.13. The summed E-state index contributed by atoms with van der Waals surface area (Å²) in [6.07, 6.45) is -25.3. The Bertz CT molecular complexity index is 1820. The average Bonchev–Trinajstić information content (AvgIpc) is 3.83. The van der Waals surface area contributed by atoms with Crippen LogP contribution in [0.25, 0.3) is 0 Å². The molecule has 9 rings (SSSR count). The van der Waals surface area contributed by atoms with E-state index >= 15 is 0 Å². The van der Waals surface area contributed by atoms with Gasteiger partial charge >= 0.3 is 0 Å². The van der Waals surface area contributed by atoms with E-state index < -0.39 is 143 Å². The second-order valence-corrected chi connectivity index (χ2v) is 23.9. The van der Waals surface area contributed by atoms with Crippen molar-refractivity contribution >= 4 is 0 Å².